The van der Waals surface area contributed by atoms with E-state index in [0.29, 0.717) is 22.8 Å². The second-order valence-corrected chi connectivity index (χ2v) is 14.3. The smallest absolute Gasteiger partial charge is 0.340 e. The first-order valence-electron chi connectivity index (χ1n) is 12.9. The third-order valence-electron chi connectivity index (χ3n) is 6.56. The Balaban J connectivity index is 1.55. The Kier molecular flexibility index (Phi) is 9.52. The van der Waals surface area contributed by atoms with Crippen molar-refractivity contribution in [1.82, 2.24) is 9.97 Å². The fourth-order valence-electron chi connectivity index (χ4n) is 4.21. The van der Waals surface area contributed by atoms with E-state index in [9.17, 15) is 9.18 Å². The molecule has 0 fully saturated rings. The number of aromatic nitrogens is 2. The van der Waals surface area contributed by atoms with Gasteiger partial charge in [-0.3, -0.25) is 4.98 Å². The maximum Gasteiger partial charge on any atom is 0.340 e. The maximum atomic E-state index is 15.5. The number of halogens is 2. The van der Waals surface area contributed by atoms with Gasteiger partial charge in [-0.1, -0.05) is 0 Å². The molecule has 0 aliphatic rings. The molecule has 4 aromatic rings. The van der Waals surface area contributed by atoms with Crippen molar-refractivity contribution >= 4 is 33.2 Å². The molecule has 0 unspecified atom stereocenters. The van der Waals surface area contributed by atoms with Gasteiger partial charge in [-0.15, -0.1) is 0 Å². The summed E-state index contributed by atoms with van der Waals surface area (Å²) in [6.45, 7) is 0.264. The van der Waals surface area contributed by atoms with Crippen LogP contribution in [0, 0.1) is 11.6 Å². The Bertz CT molecular complexity index is 1590. The molecule has 42 heavy (non-hydrogen) atoms. The van der Waals surface area contributed by atoms with E-state index in [4.69, 9.17) is 14.2 Å². The number of ether oxygens (including phenoxy) is 3. The van der Waals surface area contributed by atoms with Gasteiger partial charge in [0.1, 0.15) is 17.3 Å². The first-order valence-corrected chi connectivity index (χ1v) is 15.8. The van der Waals surface area contributed by atoms with Gasteiger partial charge >= 0.3 is 5.97 Å². The normalized spacial score (nSPS) is 11.5. The van der Waals surface area contributed by atoms with Gasteiger partial charge in [0, 0.05) is 36.5 Å². The first-order chi connectivity index (χ1) is 20.0. The summed E-state index contributed by atoms with van der Waals surface area (Å²) in [5.41, 5.74) is 2.15. The van der Waals surface area contributed by atoms with Crippen LogP contribution in [0.2, 0.25) is 0 Å². The predicted molar refractivity (Wildman–Crippen MR) is 163 cm³/mol. The number of esters is 1. The number of benzene rings is 2. The minimum atomic E-state index is -1.11. The number of carbonyl (C=O) groups is 1. The standard InChI is InChI=1S/C31H34F2N4O4S/c1-39-22-8-7-20(28(15-22)40-2)17-36-30-29(33)19(11-12-34-30)13-21-14-24(31(38)41-3)27(18-35-21)37-26-10-9-23(16-25(26)32)42(4,5)6/h7-12,14-16,18,37H,13,17H2,1-6H3,(H,34,36). The van der Waals surface area contributed by atoms with Crippen LogP contribution in [0.15, 0.2) is 65.8 Å². The molecule has 2 heterocycles. The monoisotopic (exact) mass is 596 g/mol. The van der Waals surface area contributed by atoms with Crippen molar-refractivity contribution in [3.05, 3.63) is 94.9 Å². The zero-order chi connectivity index (χ0) is 30.4. The summed E-state index contributed by atoms with van der Waals surface area (Å²) in [6, 6.07) is 13.4. The van der Waals surface area contributed by atoms with Gasteiger partial charge in [0.05, 0.1) is 44.5 Å². The molecule has 0 saturated heterocycles. The summed E-state index contributed by atoms with van der Waals surface area (Å²) in [4.78, 5) is 22.1. The fourth-order valence-corrected chi connectivity index (χ4v) is 5.15. The molecule has 4 rings (SSSR count). The average Bonchev–Trinajstić information content (AvgIpc) is 2.98. The molecule has 0 spiro atoms. The van der Waals surface area contributed by atoms with Crippen molar-refractivity contribution in [3.63, 3.8) is 0 Å². The van der Waals surface area contributed by atoms with Gasteiger partial charge in [-0.2, -0.15) is 0 Å². The van der Waals surface area contributed by atoms with Crippen LogP contribution in [0.1, 0.15) is 27.2 Å². The highest BCUT2D eigenvalue weighted by atomic mass is 32.3. The molecule has 2 aromatic carbocycles. The number of hydrogen-bond donors (Lipinski definition) is 2. The number of anilines is 3. The molecular formula is C31H34F2N4O4S. The molecule has 2 N–H and O–H groups in total. The first kappa shape index (κ1) is 30.6. The van der Waals surface area contributed by atoms with Gasteiger partial charge < -0.3 is 24.8 Å². The largest absolute Gasteiger partial charge is 0.497 e. The lowest BCUT2D eigenvalue weighted by atomic mass is 10.1. The molecule has 2 aromatic heterocycles. The van der Waals surface area contributed by atoms with E-state index >= 15 is 4.39 Å². The molecular weight excluding hydrogens is 562 g/mol. The molecule has 8 nitrogen and oxygen atoms in total. The van der Waals surface area contributed by atoms with Gasteiger partial charge in [-0.05, 0) is 71.7 Å². The second kappa shape index (κ2) is 13.1. The highest BCUT2D eigenvalue weighted by Gasteiger charge is 2.19. The van der Waals surface area contributed by atoms with Gasteiger partial charge in [0.2, 0.25) is 0 Å². The predicted octanol–water partition coefficient (Wildman–Crippen LogP) is 6.56. The quantitative estimate of drug-likeness (QED) is 0.188. The number of pyridine rings is 2. The van der Waals surface area contributed by atoms with Crippen LogP contribution in [0.5, 0.6) is 11.5 Å². The molecule has 0 atom stereocenters. The summed E-state index contributed by atoms with van der Waals surface area (Å²) in [5.74, 6) is -0.321. The van der Waals surface area contributed by atoms with Crippen molar-refractivity contribution < 1.29 is 27.8 Å². The number of hydrogen-bond acceptors (Lipinski definition) is 8. The Morgan fingerprint density at radius 2 is 1.69 bits per heavy atom. The van der Waals surface area contributed by atoms with E-state index in [2.05, 4.69) is 39.4 Å². The second-order valence-electron chi connectivity index (χ2n) is 10.2. The molecule has 11 heteroatoms. The molecule has 0 amide bonds. The van der Waals surface area contributed by atoms with Crippen LogP contribution in [-0.4, -0.2) is 56.0 Å². The summed E-state index contributed by atoms with van der Waals surface area (Å²) < 4.78 is 46.0. The topological polar surface area (TPSA) is 94.6 Å². The van der Waals surface area contributed by atoms with Gasteiger partial charge in [0.15, 0.2) is 11.6 Å². The van der Waals surface area contributed by atoms with Crippen molar-refractivity contribution in [1.29, 1.82) is 0 Å². The molecule has 0 aliphatic carbocycles. The van der Waals surface area contributed by atoms with Crippen molar-refractivity contribution in [2.24, 2.45) is 0 Å². The summed E-state index contributed by atoms with van der Waals surface area (Å²) in [7, 11) is 3.26. The van der Waals surface area contributed by atoms with Crippen LogP contribution >= 0.6 is 10.0 Å². The van der Waals surface area contributed by atoms with Crippen LogP contribution in [0.3, 0.4) is 0 Å². The molecule has 0 bridgehead atoms. The maximum absolute atomic E-state index is 15.5. The minimum absolute atomic E-state index is 0.0628. The highest BCUT2D eigenvalue weighted by molar-refractivity contribution is 8.32. The SMILES string of the molecule is COC(=O)c1cc(Cc2ccnc(NCc3ccc(OC)cc3OC)c2F)ncc1Nc1ccc(S(C)(C)C)cc1F. The van der Waals surface area contributed by atoms with Crippen LogP contribution in [0.4, 0.5) is 26.0 Å². The Hall–Kier alpha value is -4.38. The fraction of sp³-hybridized carbons (Fsp3) is 0.258. The number of nitrogens with zero attached hydrogens (tertiary/aromatic N) is 2. The van der Waals surface area contributed by atoms with Crippen LogP contribution in [-0.2, 0) is 17.7 Å². The summed E-state index contributed by atoms with van der Waals surface area (Å²) >= 11 is 0. The van der Waals surface area contributed by atoms with Crippen LogP contribution < -0.4 is 20.1 Å². The number of rotatable bonds is 11. The van der Waals surface area contributed by atoms with Crippen molar-refractivity contribution in [2.75, 3.05) is 50.7 Å². The lowest BCUT2D eigenvalue weighted by molar-refractivity contribution is 0.0601. The van der Waals surface area contributed by atoms with Gasteiger partial charge in [-0.25, -0.2) is 28.6 Å². The van der Waals surface area contributed by atoms with E-state index in [1.165, 1.54) is 31.6 Å². The summed E-state index contributed by atoms with van der Waals surface area (Å²) in [6.07, 6.45) is 9.23. The third kappa shape index (κ3) is 7.09. The van der Waals surface area contributed by atoms with Crippen LogP contribution in [0.25, 0.3) is 0 Å². The lowest BCUT2D eigenvalue weighted by Gasteiger charge is -2.26. The molecule has 222 valence electrons. The highest BCUT2D eigenvalue weighted by Crippen LogP contribution is 2.46. The third-order valence-corrected chi connectivity index (χ3v) is 8.23. The Morgan fingerprint density at radius 3 is 2.36 bits per heavy atom. The zero-order valence-electron chi connectivity index (χ0n) is 24.4. The van der Waals surface area contributed by atoms with Gasteiger partial charge in [0.25, 0.3) is 0 Å². The van der Waals surface area contributed by atoms with E-state index in [-0.39, 0.29) is 35.7 Å². The minimum Gasteiger partial charge on any atom is -0.497 e. The summed E-state index contributed by atoms with van der Waals surface area (Å²) in [5, 5.41) is 5.97. The van der Waals surface area contributed by atoms with Crippen molar-refractivity contribution in [2.45, 2.75) is 17.9 Å². The van der Waals surface area contributed by atoms with Crippen molar-refractivity contribution in [3.8, 4) is 11.5 Å². The molecule has 0 aliphatic heterocycles. The van der Waals surface area contributed by atoms with E-state index in [1.54, 1.807) is 38.5 Å². The van der Waals surface area contributed by atoms with E-state index < -0.39 is 27.6 Å². The van der Waals surface area contributed by atoms with E-state index in [0.717, 1.165) is 10.5 Å². The average molecular weight is 597 g/mol. The van der Waals surface area contributed by atoms with E-state index in [1.807, 2.05) is 12.1 Å². The number of carbonyl (C=O) groups excluding carboxylic acids is 1. The Morgan fingerprint density at radius 1 is 0.905 bits per heavy atom. The number of methoxy groups -OCH3 is 3. The lowest BCUT2D eigenvalue weighted by Crippen LogP contribution is -2.10. The molecule has 0 saturated carbocycles. The zero-order valence-corrected chi connectivity index (χ0v) is 25.2. The number of nitrogens with one attached hydrogen (secondary N) is 2. The Labute approximate surface area is 245 Å². The molecule has 0 radical (unpaired) electrons.